The van der Waals surface area contributed by atoms with Gasteiger partial charge in [0.05, 0.1) is 0 Å². The molecular formula is C10H18O. The first kappa shape index (κ1) is 7.60. The molecule has 0 amide bonds. The zero-order valence-electron chi connectivity index (χ0n) is 7.13. The Bertz CT molecular complexity index is 127. The molecule has 1 N–H and O–H groups in total. The Labute approximate surface area is 68.8 Å². The number of hydrogen-bond acceptors (Lipinski definition) is 1. The highest BCUT2D eigenvalue weighted by Gasteiger charge is 2.41. The van der Waals surface area contributed by atoms with Crippen LogP contribution in [0.25, 0.3) is 0 Å². The second kappa shape index (κ2) is 3.14. The Morgan fingerprint density at radius 3 is 2.36 bits per heavy atom. The lowest BCUT2D eigenvalue weighted by molar-refractivity contribution is 0.241. The average molecular weight is 154 g/mol. The van der Waals surface area contributed by atoms with Crippen LogP contribution >= 0.6 is 0 Å². The zero-order valence-corrected chi connectivity index (χ0v) is 7.13. The van der Waals surface area contributed by atoms with E-state index in [9.17, 15) is 0 Å². The number of hydrogen-bond donors (Lipinski definition) is 1. The Balaban J connectivity index is 1.77. The molecule has 2 fully saturated rings. The summed E-state index contributed by atoms with van der Waals surface area (Å²) in [5, 5.41) is 8.91. The second-order valence-electron chi connectivity index (χ2n) is 4.24. The van der Waals surface area contributed by atoms with Crippen LogP contribution in [0.3, 0.4) is 0 Å². The summed E-state index contributed by atoms with van der Waals surface area (Å²) in [6.45, 7) is 0.446. The van der Waals surface area contributed by atoms with Crippen LogP contribution in [-0.2, 0) is 0 Å². The highest BCUT2D eigenvalue weighted by molar-refractivity contribution is 4.91. The lowest BCUT2D eigenvalue weighted by Crippen LogP contribution is -2.10. The Hall–Kier alpha value is -0.0400. The molecule has 0 unspecified atom stereocenters. The van der Waals surface area contributed by atoms with Crippen LogP contribution in [0.15, 0.2) is 0 Å². The molecule has 0 saturated heterocycles. The van der Waals surface area contributed by atoms with Gasteiger partial charge in [-0.2, -0.15) is 0 Å². The minimum atomic E-state index is 0.446. The molecule has 1 heteroatoms. The molecule has 0 heterocycles. The van der Waals surface area contributed by atoms with Crippen molar-refractivity contribution in [2.75, 3.05) is 6.61 Å². The summed E-state index contributed by atoms with van der Waals surface area (Å²) in [5.74, 6) is 2.60. The quantitative estimate of drug-likeness (QED) is 0.646. The first-order valence-electron chi connectivity index (χ1n) is 5.02. The van der Waals surface area contributed by atoms with E-state index in [4.69, 9.17) is 5.11 Å². The van der Waals surface area contributed by atoms with Gasteiger partial charge in [-0.1, -0.05) is 32.1 Å². The molecule has 2 saturated carbocycles. The maximum Gasteiger partial charge on any atom is 0.0462 e. The first-order valence-corrected chi connectivity index (χ1v) is 5.02. The molecule has 2 rings (SSSR count). The molecule has 64 valence electrons. The van der Waals surface area contributed by atoms with Gasteiger partial charge in [0, 0.05) is 6.61 Å². The van der Waals surface area contributed by atoms with Crippen molar-refractivity contribution < 1.29 is 5.11 Å². The van der Waals surface area contributed by atoms with Crippen LogP contribution in [-0.4, -0.2) is 11.7 Å². The average Bonchev–Trinajstić information content (AvgIpc) is 2.85. The van der Waals surface area contributed by atoms with E-state index < -0.39 is 0 Å². The van der Waals surface area contributed by atoms with Gasteiger partial charge in [0.25, 0.3) is 0 Å². The van der Waals surface area contributed by atoms with E-state index >= 15 is 0 Å². The molecule has 0 aromatic rings. The van der Waals surface area contributed by atoms with E-state index in [1.807, 2.05) is 0 Å². The molecule has 0 bridgehead atoms. The van der Waals surface area contributed by atoms with Gasteiger partial charge in [-0.25, -0.2) is 0 Å². The van der Waals surface area contributed by atoms with Gasteiger partial charge >= 0.3 is 0 Å². The van der Waals surface area contributed by atoms with Gasteiger partial charge in [-0.3, -0.25) is 0 Å². The third-order valence-electron chi connectivity index (χ3n) is 3.47. The fourth-order valence-corrected chi connectivity index (χ4v) is 2.62. The number of rotatable bonds is 2. The van der Waals surface area contributed by atoms with E-state index in [1.165, 1.54) is 38.5 Å². The van der Waals surface area contributed by atoms with E-state index in [0.717, 1.165) is 11.8 Å². The highest BCUT2D eigenvalue weighted by Crippen LogP contribution is 2.48. The molecule has 0 aromatic carbocycles. The molecule has 0 aromatic heterocycles. The van der Waals surface area contributed by atoms with Gasteiger partial charge in [0.1, 0.15) is 0 Å². The van der Waals surface area contributed by atoms with Gasteiger partial charge in [0.15, 0.2) is 0 Å². The Kier molecular flexibility index (Phi) is 2.17. The first-order chi connectivity index (χ1) is 5.42. The summed E-state index contributed by atoms with van der Waals surface area (Å²) in [7, 11) is 0. The van der Waals surface area contributed by atoms with Crippen LogP contribution < -0.4 is 0 Å². The van der Waals surface area contributed by atoms with Crippen molar-refractivity contribution in [3.05, 3.63) is 0 Å². The predicted octanol–water partition coefficient (Wildman–Crippen LogP) is 2.20. The van der Waals surface area contributed by atoms with Crippen LogP contribution in [0, 0.1) is 17.8 Å². The van der Waals surface area contributed by atoms with Crippen molar-refractivity contribution in [2.45, 2.75) is 38.5 Å². The zero-order chi connectivity index (χ0) is 7.68. The Morgan fingerprint density at radius 1 is 1.09 bits per heavy atom. The van der Waals surface area contributed by atoms with Gasteiger partial charge in [-0.15, -0.1) is 0 Å². The summed E-state index contributed by atoms with van der Waals surface area (Å²) in [6, 6.07) is 0. The largest absolute Gasteiger partial charge is 0.396 e. The third kappa shape index (κ3) is 1.58. The van der Waals surface area contributed by atoms with Crippen molar-refractivity contribution in [1.29, 1.82) is 0 Å². The predicted molar refractivity (Wildman–Crippen MR) is 45.3 cm³/mol. The number of aliphatic hydroxyl groups excluding tert-OH is 1. The molecular weight excluding hydrogens is 136 g/mol. The molecule has 0 aliphatic heterocycles. The Morgan fingerprint density at radius 2 is 1.82 bits per heavy atom. The molecule has 0 radical (unpaired) electrons. The summed E-state index contributed by atoms with van der Waals surface area (Å²) < 4.78 is 0. The van der Waals surface area contributed by atoms with Crippen molar-refractivity contribution in [3.8, 4) is 0 Å². The van der Waals surface area contributed by atoms with Crippen LogP contribution in [0.4, 0.5) is 0 Å². The minimum absolute atomic E-state index is 0.446. The molecule has 2 atom stereocenters. The SMILES string of the molecule is OC[C@H]1C[C@@H]1C1CCCCC1. The van der Waals surface area contributed by atoms with Gasteiger partial charge < -0.3 is 5.11 Å². The van der Waals surface area contributed by atoms with E-state index in [-0.39, 0.29) is 0 Å². The van der Waals surface area contributed by atoms with Gasteiger partial charge in [-0.05, 0) is 24.2 Å². The standard InChI is InChI=1S/C10H18O/c11-7-9-6-10(9)8-4-2-1-3-5-8/h8-11H,1-7H2/t9-,10-/m1/s1. The third-order valence-corrected chi connectivity index (χ3v) is 3.47. The fraction of sp³-hybridized carbons (Fsp3) is 1.00. The highest BCUT2D eigenvalue weighted by atomic mass is 16.3. The van der Waals surface area contributed by atoms with Crippen molar-refractivity contribution in [1.82, 2.24) is 0 Å². The van der Waals surface area contributed by atoms with Gasteiger partial charge in [0.2, 0.25) is 0 Å². The van der Waals surface area contributed by atoms with Crippen molar-refractivity contribution in [2.24, 2.45) is 17.8 Å². The van der Waals surface area contributed by atoms with E-state index in [0.29, 0.717) is 12.5 Å². The lowest BCUT2D eigenvalue weighted by atomic mass is 9.85. The second-order valence-corrected chi connectivity index (χ2v) is 4.24. The van der Waals surface area contributed by atoms with E-state index in [2.05, 4.69) is 0 Å². The van der Waals surface area contributed by atoms with Crippen LogP contribution in [0.1, 0.15) is 38.5 Å². The van der Waals surface area contributed by atoms with Crippen molar-refractivity contribution >= 4 is 0 Å². The lowest BCUT2D eigenvalue weighted by Gasteiger charge is -2.21. The molecule has 0 spiro atoms. The molecule has 1 nitrogen and oxygen atoms in total. The maximum absolute atomic E-state index is 8.91. The van der Waals surface area contributed by atoms with Crippen molar-refractivity contribution in [3.63, 3.8) is 0 Å². The number of aliphatic hydroxyl groups is 1. The molecule has 11 heavy (non-hydrogen) atoms. The summed E-state index contributed by atoms with van der Waals surface area (Å²) >= 11 is 0. The normalized spacial score (nSPS) is 39.0. The molecule has 2 aliphatic carbocycles. The smallest absolute Gasteiger partial charge is 0.0462 e. The molecule has 2 aliphatic rings. The van der Waals surface area contributed by atoms with Crippen LogP contribution in [0.2, 0.25) is 0 Å². The summed E-state index contributed by atoms with van der Waals surface area (Å²) in [6.07, 6.45) is 8.55. The summed E-state index contributed by atoms with van der Waals surface area (Å²) in [4.78, 5) is 0. The van der Waals surface area contributed by atoms with Crippen LogP contribution in [0.5, 0.6) is 0 Å². The maximum atomic E-state index is 8.91. The van der Waals surface area contributed by atoms with E-state index in [1.54, 1.807) is 0 Å². The topological polar surface area (TPSA) is 20.2 Å². The monoisotopic (exact) mass is 154 g/mol. The minimum Gasteiger partial charge on any atom is -0.396 e. The summed E-state index contributed by atoms with van der Waals surface area (Å²) in [5.41, 5.74) is 0. The fourth-order valence-electron chi connectivity index (χ4n) is 2.62.